The van der Waals surface area contributed by atoms with E-state index in [1.807, 2.05) is 67.8 Å². The Balaban J connectivity index is 1.50. The van der Waals surface area contributed by atoms with Gasteiger partial charge in [-0.2, -0.15) is 0 Å². The third-order valence-electron chi connectivity index (χ3n) is 7.81. The van der Waals surface area contributed by atoms with Crippen molar-refractivity contribution in [1.82, 2.24) is 39.9 Å². The average molecular weight is 517 g/mol. The minimum absolute atomic E-state index is 0.885. The van der Waals surface area contributed by atoms with E-state index in [0.29, 0.717) is 0 Å². The molecule has 3 aliphatic rings. The molecule has 0 unspecified atom stereocenters. The van der Waals surface area contributed by atoms with E-state index < -0.39 is 0 Å². The molecular formula is C32H20N8. The lowest BCUT2D eigenvalue weighted by Crippen LogP contribution is -2.11. The van der Waals surface area contributed by atoms with Gasteiger partial charge in [0.05, 0.1) is 27.8 Å². The monoisotopic (exact) mass is 516 g/mol. The average Bonchev–Trinajstić information content (AvgIpc) is 3.73. The molecule has 9 heterocycles. The quantitative estimate of drug-likeness (QED) is 0.248. The van der Waals surface area contributed by atoms with Crippen molar-refractivity contribution < 1.29 is 0 Å². The Morgan fingerprint density at radius 2 is 1.02 bits per heavy atom. The summed E-state index contributed by atoms with van der Waals surface area (Å²) in [5.41, 5.74) is 5.86. The summed E-state index contributed by atoms with van der Waals surface area (Å²) >= 11 is 0. The Kier molecular flexibility index (Phi) is 4.17. The Morgan fingerprint density at radius 3 is 1.75 bits per heavy atom. The van der Waals surface area contributed by atoms with Crippen molar-refractivity contribution in [3.05, 3.63) is 118 Å². The molecule has 0 amide bonds. The van der Waals surface area contributed by atoms with Crippen molar-refractivity contribution in [2.45, 2.75) is 0 Å². The van der Waals surface area contributed by atoms with Gasteiger partial charge in [0.15, 0.2) is 0 Å². The third kappa shape index (κ3) is 3.01. The standard InChI is InChI=1S/C32H20N8/c1-5-33-13-21-17(1)25-9-30-22-14-34-6-2-18(22)27(38-30)11-32-24-16-36-8-4-20(24)28(40-32)12-31-23-15-35-7-3-19(23)26(39-31)10-29(21)37-25/h1-16,33,38-40H. The van der Waals surface area contributed by atoms with E-state index in [0.717, 1.165) is 87.6 Å². The summed E-state index contributed by atoms with van der Waals surface area (Å²) < 4.78 is 0. The van der Waals surface area contributed by atoms with E-state index in [4.69, 9.17) is 4.98 Å². The molecule has 8 bridgehead atoms. The Morgan fingerprint density at radius 1 is 0.475 bits per heavy atom. The number of fused-ring (bicyclic) bond motifs is 20. The maximum atomic E-state index is 5.11. The van der Waals surface area contributed by atoms with Crippen molar-refractivity contribution in [3.8, 4) is 11.1 Å². The summed E-state index contributed by atoms with van der Waals surface area (Å²) in [5.74, 6) is 0. The summed E-state index contributed by atoms with van der Waals surface area (Å²) in [7, 11) is 0. The molecular weight excluding hydrogens is 496 g/mol. The molecule has 3 aliphatic heterocycles. The van der Waals surface area contributed by atoms with E-state index in [1.165, 1.54) is 0 Å². The molecule has 8 nitrogen and oxygen atoms in total. The zero-order chi connectivity index (χ0) is 26.2. The lowest BCUT2D eigenvalue weighted by Gasteiger charge is -1.98. The molecule has 40 heavy (non-hydrogen) atoms. The molecule has 0 aromatic carbocycles. The molecule has 0 saturated carbocycles. The molecule has 0 spiro atoms. The number of aromatic amines is 4. The molecule has 9 rings (SSSR count). The van der Waals surface area contributed by atoms with E-state index in [1.54, 1.807) is 0 Å². The summed E-state index contributed by atoms with van der Waals surface area (Å²) in [4.78, 5) is 32.6. The highest BCUT2D eigenvalue weighted by molar-refractivity contribution is 5.97. The minimum Gasteiger partial charge on any atom is -0.367 e. The third-order valence-corrected chi connectivity index (χ3v) is 7.81. The number of H-pyrrole nitrogens is 4. The number of aromatic nitrogens is 8. The second-order valence-electron chi connectivity index (χ2n) is 10.1. The second kappa shape index (κ2) is 7.87. The fraction of sp³-hybridized carbons (Fsp3) is 0. The highest BCUT2D eigenvalue weighted by Crippen LogP contribution is 2.30. The molecule has 8 heteroatoms. The fourth-order valence-corrected chi connectivity index (χ4v) is 5.95. The van der Waals surface area contributed by atoms with Crippen molar-refractivity contribution in [2.75, 3.05) is 0 Å². The largest absolute Gasteiger partial charge is 0.367 e. The van der Waals surface area contributed by atoms with Crippen LogP contribution in [0.4, 0.5) is 0 Å². The maximum Gasteiger partial charge on any atom is 0.0751 e. The molecule has 6 aromatic heterocycles. The van der Waals surface area contributed by atoms with Gasteiger partial charge < -0.3 is 19.9 Å². The normalized spacial score (nSPS) is 12.8. The van der Waals surface area contributed by atoms with Crippen molar-refractivity contribution in [3.63, 3.8) is 0 Å². The van der Waals surface area contributed by atoms with Crippen LogP contribution in [-0.2, 0) is 0 Å². The van der Waals surface area contributed by atoms with Crippen LogP contribution in [0, 0.1) is 0 Å². The van der Waals surface area contributed by atoms with Crippen LogP contribution in [0.25, 0.3) is 67.7 Å². The first-order valence-corrected chi connectivity index (χ1v) is 13.0. The van der Waals surface area contributed by atoms with E-state index in [2.05, 4.69) is 65.3 Å². The van der Waals surface area contributed by atoms with Crippen LogP contribution in [-0.4, -0.2) is 39.9 Å². The van der Waals surface area contributed by atoms with Gasteiger partial charge in [-0.3, -0.25) is 15.0 Å². The maximum absolute atomic E-state index is 5.11. The van der Waals surface area contributed by atoms with Crippen molar-refractivity contribution in [2.24, 2.45) is 0 Å². The van der Waals surface area contributed by atoms with Gasteiger partial charge >= 0.3 is 0 Å². The first-order valence-electron chi connectivity index (χ1n) is 13.0. The van der Waals surface area contributed by atoms with E-state index in [-0.39, 0.29) is 0 Å². The highest BCUT2D eigenvalue weighted by Gasteiger charge is 2.17. The van der Waals surface area contributed by atoms with Gasteiger partial charge in [-0.15, -0.1) is 0 Å². The summed E-state index contributed by atoms with van der Waals surface area (Å²) in [5, 5.41) is 10.3. The van der Waals surface area contributed by atoms with E-state index in [9.17, 15) is 0 Å². The molecule has 0 fully saturated rings. The van der Waals surface area contributed by atoms with Crippen molar-refractivity contribution >= 4 is 56.6 Å². The molecule has 0 aliphatic carbocycles. The fourth-order valence-electron chi connectivity index (χ4n) is 5.95. The van der Waals surface area contributed by atoms with Crippen LogP contribution in [0.5, 0.6) is 0 Å². The molecule has 0 radical (unpaired) electrons. The zero-order valence-corrected chi connectivity index (χ0v) is 21.0. The summed E-state index contributed by atoms with van der Waals surface area (Å²) in [6.07, 6.45) is 23.7. The van der Waals surface area contributed by atoms with Crippen LogP contribution in [0.15, 0.2) is 73.8 Å². The SMILES string of the molecule is C1=c2[nH]c(c3cnccc23)=Cc2[nH]c(c3cnccc23)C=c2[nH]c(c3cnccc23)=Cc2nc1c1c[nH]ccc2-1. The van der Waals surface area contributed by atoms with Gasteiger partial charge in [-0.25, -0.2) is 4.98 Å². The molecule has 0 saturated heterocycles. The number of rotatable bonds is 0. The van der Waals surface area contributed by atoms with Gasteiger partial charge in [0.25, 0.3) is 0 Å². The molecule has 6 aromatic rings. The zero-order valence-electron chi connectivity index (χ0n) is 21.0. The Hall–Kier alpha value is -5.76. The number of nitrogens with zero attached hydrogens (tertiary/aromatic N) is 4. The Bertz CT molecular complexity index is 2330. The number of nitrogens with one attached hydrogen (secondary N) is 4. The lowest BCUT2D eigenvalue weighted by atomic mass is 10.1. The molecule has 188 valence electrons. The molecule has 0 atom stereocenters. The van der Waals surface area contributed by atoms with Gasteiger partial charge in [0.2, 0.25) is 0 Å². The van der Waals surface area contributed by atoms with Gasteiger partial charge in [-0.1, -0.05) is 0 Å². The van der Waals surface area contributed by atoms with Crippen LogP contribution < -0.4 is 21.4 Å². The topological polar surface area (TPSA) is 115 Å². The first kappa shape index (κ1) is 21.2. The highest BCUT2D eigenvalue weighted by atomic mass is 14.8. The second-order valence-corrected chi connectivity index (χ2v) is 10.1. The van der Waals surface area contributed by atoms with E-state index >= 15 is 0 Å². The number of pyridine rings is 4. The number of hydrogen-bond donors (Lipinski definition) is 4. The first-order chi connectivity index (χ1) is 19.8. The summed E-state index contributed by atoms with van der Waals surface area (Å²) in [6, 6.07) is 8.21. The van der Waals surface area contributed by atoms with Crippen molar-refractivity contribution in [1.29, 1.82) is 0 Å². The van der Waals surface area contributed by atoms with Gasteiger partial charge in [0.1, 0.15) is 0 Å². The van der Waals surface area contributed by atoms with Crippen LogP contribution in [0.2, 0.25) is 0 Å². The van der Waals surface area contributed by atoms with Gasteiger partial charge in [-0.05, 0) is 48.6 Å². The van der Waals surface area contributed by atoms with Crippen LogP contribution >= 0.6 is 0 Å². The predicted molar refractivity (Wildman–Crippen MR) is 156 cm³/mol. The Labute approximate surface area is 225 Å². The minimum atomic E-state index is 0.885. The van der Waals surface area contributed by atoms with Gasteiger partial charge in [0, 0.05) is 109 Å². The lowest BCUT2D eigenvalue weighted by molar-refractivity contribution is 1.24. The van der Waals surface area contributed by atoms with Crippen LogP contribution in [0.1, 0.15) is 22.8 Å². The predicted octanol–water partition coefficient (Wildman–Crippen LogP) is 2.77. The molecule has 4 N–H and O–H groups in total. The number of hydrogen-bond acceptors (Lipinski definition) is 4. The van der Waals surface area contributed by atoms with Crippen LogP contribution in [0.3, 0.4) is 0 Å². The smallest absolute Gasteiger partial charge is 0.0751 e. The summed E-state index contributed by atoms with van der Waals surface area (Å²) in [6.45, 7) is 0.